The molecule has 1 N–H and O–H groups in total. The minimum atomic E-state index is 0.628. The zero-order chi connectivity index (χ0) is 12.4. The third-order valence-electron chi connectivity index (χ3n) is 3.16. The fraction of sp³-hybridized carbons (Fsp3) is 0.500. The largest absolute Gasteiger partial charge is 0.359 e. The molecule has 0 atom stereocenters. The van der Waals surface area contributed by atoms with Crippen LogP contribution in [0.1, 0.15) is 30.6 Å². The number of rotatable bonds is 4. The van der Waals surface area contributed by atoms with Crippen LogP contribution in [0.25, 0.3) is 0 Å². The summed E-state index contributed by atoms with van der Waals surface area (Å²) in [6, 6.07) is 0.628. The fourth-order valence-corrected chi connectivity index (χ4v) is 3.49. The zero-order valence-corrected chi connectivity index (χ0v) is 12.4. The maximum atomic E-state index is 4.44. The normalized spacial score (nSPS) is 16.3. The Labute approximate surface area is 119 Å². The Morgan fingerprint density at radius 1 is 1.39 bits per heavy atom. The Morgan fingerprint density at radius 3 is 2.94 bits per heavy atom. The van der Waals surface area contributed by atoms with Crippen LogP contribution < -0.4 is 5.32 Å². The van der Waals surface area contributed by atoms with Crippen molar-refractivity contribution >= 4 is 32.4 Å². The van der Waals surface area contributed by atoms with Crippen molar-refractivity contribution in [2.45, 2.75) is 38.3 Å². The van der Waals surface area contributed by atoms with Gasteiger partial charge in [-0.1, -0.05) is 12.8 Å². The van der Waals surface area contributed by atoms with E-state index in [0.717, 1.165) is 16.1 Å². The van der Waals surface area contributed by atoms with E-state index in [0.29, 0.717) is 6.04 Å². The van der Waals surface area contributed by atoms with Crippen molar-refractivity contribution in [3.63, 3.8) is 0 Å². The Bertz CT molecular complexity index is 516. The molecule has 0 unspecified atom stereocenters. The average molecular weight is 327 g/mol. The Balaban J connectivity index is 1.62. The molecule has 96 valence electrons. The van der Waals surface area contributed by atoms with E-state index < -0.39 is 0 Å². The van der Waals surface area contributed by atoms with Gasteiger partial charge in [0.05, 0.1) is 17.2 Å². The van der Waals surface area contributed by atoms with Gasteiger partial charge in [0.15, 0.2) is 5.13 Å². The van der Waals surface area contributed by atoms with Crippen molar-refractivity contribution in [1.29, 1.82) is 0 Å². The van der Waals surface area contributed by atoms with Gasteiger partial charge < -0.3 is 5.32 Å². The van der Waals surface area contributed by atoms with Crippen LogP contribution in [-0.4, -0.2) is 20.8 Å². The molecule has 1 fully saturated rings. The molecule has 0 bridgehead atoms. The van der Waals surface area contributed by atoms with Crippen LogP contribution in [0, 0.1) is 0 Å². The second-order valence-corrected chi connectivity index (χ2v) is 6.64. The van der Waals surface area contributed by atoms with E-state index in [1.165, 1.54) is 30.6 Å². The number of nitrogens with zero attached hydrogens (tertiary/aromatic N) is 3. The van der Waals surface area contributed by atoms with E-state index in [9.17, 15) is 0 Å². The first-order valence-electron chi connectivity index (χ1n) is 6.19. The maximum Gasteiger partial charge on any atom is 0.183 e. The Hall–Kier alpha value is -0.880. The van der Waals surface area contributed by atoms with Gasteiger partial charge in [0.1, 0.15) is 0 Å². The summed E-state index contributed by atoms with van der Waals surface area (Å²) in [6.45, 7) is 0.787. The quantitative estimate of drug-likeness (QED) is 0.934. The van der Waals surface area contributed by atoms with E-state index in [-0.39, 0.29) is 0 Å². The minimum absolute atomic E-state index is 0.628. The molecule has 0 radical (unpaired) electrons. The monoisotopic (exact) mass is 326 g/mol. The summed E-state index contributed by atoms with van der Waals surface area (Å²) in [5.41, 5.74) is 0. The van der Waals surface area contributed by atoms with Crippen LogP contribution in [0.5, 0.6) is 0 Å². The lowest BCUT2D eigenvalue weighted by Crippen LogP contribution is -2.13. The lowest BCUT2D eigenvalue weighted by atomic mass is 10.3. The van der Waals surface area contributed by atoms with Crippen LogP contribution in [0.2, 0.25) is 0 Å². The molecule has 0 spiro atoms. The van der Waals surface area contributed by atoms with Crippen LogP contribution in [0.15, 0.2) is 23.1 Å². The van der Waals surface area contributed by atoms with Crippen molar-refractivity contribution in [2.75, 3.05) is 5.32 Å². The molecule has 1 aliphatic carbocycles. The van der Waals surface area contributed by atoms with Gasteiger partial charge in [-0.15, -0.1) is 11.3 Å². The third kappa shape index (κ3) is 2.92. The van der Waals surface area contributed by atoms with Crippen molar-refractivity contribution in [1.82, 2.24) is 14.8 Å². The van der Waals surface area contributed by atoms with E-state index in [1.54, 1.807) is 17.5 Å². The van der Waals surface area contributed by atoms with Gasteiger partial charge in [0, 0.05) is 23.3 Å². The number of aromatic nitrogens is 3. The van der Waals surface area contributed by atoms with Gasteiger partial charge in [0.25, 0.3) is 0 Å². The van der Waals surface area contributed by atoms with Gasteiger partial charge in [-0.25, -0.2) is 4.98 Å². The summed E-state index contributed by atoms with van der Waals surface area (Å²) < 4.78 is 2.92. The highest BCUT2D eigenvalue weighted by atomic mass is 79.9. The summed E-state index contributed by atoms with van der Waals surface area (Å²) in [6.07, 6.45) is 11.0. The summed E-state index contributed by atoms with van der Waals surface area (Å²) >= 11 is 5.13. The average Bonchev–Trinajstić information content (AvgIpc) is 3.04. The molecule has 2 heterocycles. The van der Waals surface area contributed by atoms with E-state index in [4.69, 9.17) is 0 Å². The highest BCUT2D eigenvalue weighted by molar-refractivity contribution is 9.10. The maximum absolute atomic E-state index is 4.44. The predicted molar refractivity (Wildman–Crippen MR) is 77.0 cm³/mol. The second-order valence-electron chi connectivity index (χ2n) is 4.61. The Kier molecular flexibility index (Phi) is 3.65. The SMILES string of the molecule is Brc1cnn(Cc2cnc(NC3CCCC3)s2)c1. The molecule has 0 amide bonds. The molecule has 1 saturated carbocycles. The fourth-order valence-electron chi connectivity index (χ4n) is 2.28. The first-order chi connectivity index (χ1) is 8.79. The smallest absolute Gasteiger partial charge is 0.183 e. The van der Waals surface area contributed by atoms with E-state index in [1.807, 2.05) is 17.1 Å². The van der Waals surface area contributed by atoms with E-state index in [2.05, 4.69) is 31.3 Å². The Morgan fingerprint density at radius 2 is 2.22 bits per heavy atom. The van der Waals surface area contributed by atoms with Gasteiger partial charge in [-0.3, -0.25) is 4.68 Å². The molecule has 0 aliphatic heterocycles. The first-order valence-corrected chi connectivity index (χ1v) is 7.80. The van der Waals surface area contributed by atoms with Crippen molar-refractivity contribution < 1.29 is 0 Å². The molecule has 2 aromatic rings. The zero-order valence-electron chi connectivity index (χ0n) is 9.97. The number of hydrogen-bond donors (Lipinski definition) is 1. The van der Waals surface area contributed by atoms with E-state index >= 15 is 0 Å². The van der Waals surface area contributed by atoms with Crippen molar-refractivity contribution in [3.05, 3.63) is 27.9 Å². The van der Waals surface area contributed by atoms with Crippen LogP contribution >= 0.6 is 27.3 Å². The molecule has 6 heteroatoms. The molecule has 4 nitrogen and oxygen atoms in total. The number of halogens is 1. The van der Waals surface area contributed by atoms with Crippen molar-refractivity contribution in [3.8, 4) is 0 Å². The topological polar surface area (TPSA) is 42.7 Å². The van der Waals surface area contributed by atoms with Crippen LogP contribution in [0.4, 0.5) is 5.13 Å². The van der Waals surface area contributed by atoms with Gasteiger partial charge >= 0.3 is 0 Å². The first kappa shape index (κ1) is 12.2. The lowest BCUT2D eigenvalue weighted by molar-refractivity contribution is 0.693. The third-order valence-corrected chi connectivity index (χ3v) is 4.48. The van der Waals surface area contributed by atoms with Gasteiger partial charge in [-0.2, -0.15) is 5.10 Å². The predicted octanol–water partition coefficient (Wildman–Crippen LogP) is 3.50. The molecular weight excluding hydrogens is 312 g/mol. The number of hydrogen-bond acceptors (Lipinski definition) is 4. The highest BCUT2D eigenvalue weighted by Gasteiger charge is 2.15. The molecule has 1 aliphatic rings. The molecule has 2 aromatic heterocycles. The molecule has 0 aromatic carbocycles. The second kappa shape index (κ2) is 5.40. The number of thiazole rings is 1. The summed E-state index contributed by atoms with van der Waals surface area (Å²) in [4.78, 5) is 5.67. The molecule has 18 heavy (non-hydrogen) atoms. The standard InChI is InChI=1S/C12H15BrN4S/c13-9-5-15-17(7-9)8-11-6-14-12(18-11)16-10-3-1-2-4-10/h5-7,10H,1-4,8H2,(H,14,16). The summed E-state index contributed by atoms with van der Waals surface area (Å²) in [5, 5.41) is 8.82. The number of anilines is 1. The lowest BCUT2D eigenvalue weighted by Gasteiger charge is -2.09. The number of nitrogens with one attached hydrogen (secondary N) is 1. The van der Waals surface area contributed by atoms with Crippen LogP contribution in [0.3, 0.4) is 0 Å². The van der Waals surface area contributed by atoms with Crippen molar-refractivity contribution in [2.24, 2.45) is 0 Å². The summed E-state index contributed by atoms with van der Waals surface area (Å²) in [5.74, 6) is 0. The molecule has 0 saturated heterocycles. The van der Waals surface area contributed by atoms with Gasteiger partial charge in [-0.05, 0) is 28.8 Å². The minimum Gasteiger partial charge on any atom is -0.359 e. The molecule has 3 rings (SSSR count). The highest BCUT2D eigenvalue weighted by Crippen LogP contribution is 2.25. The van der Waals surface area contributed by atoms with Gasteiger partial charge in [0.2, 0.25) is 0 Å². The molecular formula is C12H15BrN4S. The summed E-state index contributed by atoms with van der Waals surface area (Å²) in [7, 11) is 0. The van der Waals surface area contributed by atoms with Crippen LogP contribution in [-0.2, 0) is 6.54 Å².